The minimum absolute atomic E-state index is 0.0135. The molecule has 28 heavy (non-hydrogen) atoms. The Bertz CT molecular complexity index is 1120. The van der Waals surface area contributed by atoms with Crippen LogP contribution in [-0.2, 0) is 14.8 Å². The van der Waals surface area contributed by atoms with Crippen molar-refractivity contribution in [1.29, 1.82) is 0 Å². The van der Waals surface area contributed by atoms with Crippen LogP contribution in [0.4, 0.5) is 5.69 Å². The first-order valence-corrected chi connectivity index (χ1v) is 10.6. The minimum atomic E-state index is -3.56. The Balaban J connectivity index is 1.53. The fraction of sp³-hybridized carbons (Fsp3) is 0.235. The first-order valence-electron chi connectivity index (χ1n) is 8.34. The van der Waals surface area contributed by atoms with Crippen LogP contribution < -0.4 is 4.74 Å². The lowest BCUT2D eigenvalue weighted by Gasteiger charge is -2.26. The number of ether oxygens (including phenoxy) is 2. The molecule has 1 fully saturated rings. The van der Waals surface area contributed by atoms with Crippen molar-refractivity contribution < 1.29 is 22.8 Å². The number of sulfonamides is 1. The second kappa shape index (κ2) is 7.43. The van der Waals surface area contributed by atoms with Crippen molar-refractivity contribution in [2.24, 2.45) is 0 Å². The van der Waals surface area contributed by atoms with Gasteiger partial charge in [0.2, 0.25) is 10.0 Å². The molecule has 1 aromatic heterocycles. The molecule has 1 aliphatic heterocycles. The quantitative estimate of drug-likeness (QED) is 0.460. The first kappa shape index (κ1) is 18.7. The summed E-state index contributed by atoms with van der Waals surface area (Å²) < 4.78 is 38.2. The molecule has 0 amide bonds. The largest absolute Gasteiger partial charge is 0.431 e. The Hall–Kier alpha value is -2.60. The zero-order valence-electron chi connectivity index (χ0n) is 14.5. The highest BCUT2D eigenvalue weighted by molar-refractivity contribution is 7.89. The van der Waals surface area contributed by atoms with Crippen LogP contribution in [0.15, 0.2) is 47.4 Å². The lowest BCUT2D eigenvalue weighted by Crippen LogP contribution is -2.40. The van der Waals surface area contributed by atoms with Crippen LogP contribution in [0, 0.1) is 10.1 Å². The van der Waals surface area contributed by atoms with Gasteiger partial charge in [0.1, 0.15) is 5.75 Å². The number of non-ortho nitro benzene ring substituents is 1. The number of aromatic nitrogens is 1. The van der Waals surface area contributed by atoms with Crippen LogP contribution in [0.1, 0.15) is 0 Å². The van der Waals surface area contributed by atoms with Crippen molar-refractivity contribution in [2.75, 3.05) is 26.3 Å². The number of rotatable bonds is 5. The molecule has 0 bridgehead atoms. The molecule has 1 saturated heterocycles. The van der Waals surface area contributed by atoms with E-state index >= 15 is 0 Å². The molecule has 4 rings (SSSR count). The van der Waals surface area contributed by atoms with Crippen molar-refractivity contribution in [3.63, 3.8) is 0 Å². The lowest BCUT2D eigenvalue weighted by molar-refractivity contribution is -0.384. The summed E-state index contributed by atoms with van der Waals surface area (Å²) in [4.78, 5) is 14.9. The van der Waals surface area contributed by atoms with Crippen LogP contribution in [-0.4, -0.2) is 48.9 Å². The molecule has 0 aliphatic carbocycles. The molecule has 0 N–H and O–H groups in total. The zero-order valence-corrected chi connectivity index (χ0v) is 16.1. The van der Waals surface area contributed by atoms with Crippen LogP contribution in [0.2, 0.25) is 0 Å². The number of benzene rings is 2. The molecule has 146 valence electrons. The zero-order chi connectivity index (χ0) is 19.7. The Morgan fingerprint density at radius 1 is 1.14 bits per heavy atom. The van der Waals surface area contributed by atoms with E-state index in [1.165, 1.54) is 39.9 Å². The van der Waals surface area contributed by atoms with E-state index in [4.69, 9.17) is 9.47 Å². The Kier molecular flexibility index (Phi) is 4.98. The average molecular weight is 421 g/mol. The van der Waals surface area contributed by atoms with Crippen molar-refractivity contribution in [2.45, 2.75) is 4.90 Å². The monoisotopic (exact) mass is 421 g/mol. The number of fused-ring (bicyclic) bond motifs is 1. The van der Waals surface area contributed by atoms with Gasteiger partial charge in [-0.15, -0.1) is 0 Å². The fourth-order valence-electron chi connectivity index (χ4n) is 2.77. The SMILES string of the molecule is O=[N+]([O-])c1ccc2nc(Oc3ccc(S(=O)(=O)N4CCOCC4)cc3)sc2c1. The maximum atomic E-state index is 12.6. The van der Waals surface area contributed by atoms with Crippen molar-refractivity contribution >= 4 is 37.3 Å². The number of nitro benzene ring substituents is 1. The molecule has 11 heteroatoms. The van der Waals surface area contributed by atoms with E-state index in [1.54, 1.807) is 18.2 Å². The van der Waals surface area contributed by atoms with Crippen LogP contribution >= 0.6 is 11.3 Å². The molecule has 0 unspecified atom stereocenters. The number of morpholine rings is 1. The second-order valence-electron chi connectivity index (χ2n) is 5.98. The topological polar surface area (TPSA) is 112 Å². The smallest absolute Gasteiger partial charge is 0.279 e. The number of nitro groups is 1. The molecular weight excluding hydrogens is 406 g/mol. The highest BCUT2D eigenvalue weighted by Gasteiger charge is 2.26. The molecule has 0 radical (unpaired) electrons. The van der Waals surface area contributed by atoms with E-state index in [1.807, 2.05) is 0 Å². The highest BCUT2D eigenvalue weighted by atomic mass is 32.2. The molecule has 1 aliphatic rings. The van der Waals surface area contributed by atoms with Crippen molar-refractivity contribution in [1.82, 2.24) is 9.29 Å². The molecule has 2 heterocycles. The Morgan fingerprint density at radius 3 is 2.54 bits per heavy atom. The predicted octanol–water partition coefficient (Wildman–Crippen LogP) is 3.02. The summed E-state index contributed by atoms with van der Waals surface area (Å²) in [6.07, 6.45) is 0. The van der Waals surface area contributed by atoms with E-state index in [0.717, 1.165) is 0 Å². The Morgan fingerprint density at radius 2 is 1.86 bits per heavy atom. The first-order chi connectivity index (χ1) is 13.4. The third-order valence-electron chi connectivity index (χ3n) is 4.20. The summed E-state index contributed by atoms with van der Waals surface area (Å²) in [5.41, 5.74) is 0.581. The average Bonchev–Trinajstić information content (AvgIpc) is 3.10. The van der Waals surface area contributed by atoms with Crippen LogP contribution in [0.5, 0.6) is 10.9 Å². The van der Waals surface area contributed by atoms with Crippen molar-refractivity contribution in [3.8, 4) is 10.9 Å². The maximum absolute atomic E-state index is 12.6. The minimum Gasteiger partial charge on any atom is -0.431 e. The van der Waals surface area contributed by atoms with Crippen LogP contribution in [0.25, 0.3) is 10.2 Å². The number of hydrogen-bond donors (Lipinski definition) is 0. The predicted molar refractivity (Wildman–Crippen MR) is 102 cm³/mol. The van der Waals surface area contributed by atoms with Crippen LogP contribution in [0.3, 0.4) is 0 Å². The van der Waals surface area contributed by atoms with Gasteiger partial charge in [0, 0.05) is 25.2 Å². The second-order valence-corrected chi connectivity index (χ2v) is 8.91. The summed E-state index contributed by atoms with van der Waals surface area (Å²) in [6.45, 7) is 1.43. The van der Waals surface area contributed by atoms with Gasteiger partial charge >= 0.3 is 0 Å². The normalized spacial score (nSPS) is 15.6. The molecule has 0 spiro atoms. The van der Waals surface area contributed by atoms with E-state index in [9.17, 15) is 18.5 Å². The van der Waals surface area contributed by atoms with Gasteiger partial charge in [-0.1, -0.05) is 11.3 Å². The van der Waals surface area contributed by atoms with E-state index in [-0.39, 0.29) is 10.6 Å². The van der Waals surface area contributed by atoms with Gasteiger partial charge in [-0.3, -0.25) is 10.1 Å². The molecule has 0 saturated carbocycles. The molecule has 3 aromatic rings. The Labute approximate surface area is 164 Å². The summed E-state index contributed by atoms with van der Waals surface area (Å²) in [5.74, 6) is 0.425. The summed E-state index contributed by atoms with van der Waals surface area (Å²) in [6, 6.07) is 10.5. The van der Waals surface area contributed by atoms with E-state index < -0.39 is 14.9 Å². The summed E-state index contributed by atoms with van der Waals surface area (Å²) in [5, 5.41) is 11.2. The summed E-state index contributed by atoms with van der Waals surface area (Å²) in [7, 11) is -3.56. The molecule has 0 atom stereocenters. The van der Waals surface area contributed by atoms with Gasteiger partial charge in [0.15, 0.2) is 0 Å². The maximum Gasteiger partial charge on any atom is 0.279 e. The standard InChI is InChI=1S/C17H15N3O6S2/c21-20(22)12-1-6-15-16(11-12)27-17(18-15)26-13-2-4-14(5-3-13)28(23,24)19-7-9-25-10-8-19/h1-6,11H,7-10H2. The third-order valence-corrected chi connectivity index (χ3v) is 7.01. The van der Waals surface area contributed by atoms with Gasteiger partial charge in [0.05, 0.1) is 33.2 Å². The van der Waals surface area contributed by atoms with Crippen molar-refractivity contribution in [3.05, 3.63) is 52.6 Å². The van der Waals surface area contributed by atoms with Gasteiger partial charge in [-0.25, -0.2) is 13.4 Å². The molecule has 2 aromatic carbocycles. The van der Waals surface area contributed by atoms with E-state index in [0.29, 0.717) is 47.5 Å². The number of hydrogen-bond acceptors (Lipinski definition) is 8. The fourth-order valence-corrected chi connectivity index (χ4v) is 5.04. The summed E-state index contributed by atoms with van der Waals surface area (Å²) >= 11 is 1.18. The number of nitrogens with zero attached hydrogens (tertiary/aromatic N) is 3. The van der Waals surface area contributed by atoms with Gasteiger partial charge < -0.3 is 9.47 Å². The van der Waals surface area contributed by atoms with Gasteiger partial charge in [-0.2, -0.15) is 4.31 Å². The molecule has 9 nitrogen and oxygen atoms in total. The van der Waals surface area contributed by atoms with Gasteiger partial charge in [-0.05, 0) is 30.3 Å². The highest BCUT2D eigenvalue weighted by Crippen LogP contribution is 2.33. The van der Waals surface area contributed by atoms with Gasteiger partial charge in [0.25, 0.3) is 10.9 Å². The third kappa shape index (κ3) is 3.69. The lowest BCUT2D eigenvalue weighted by atomic mass is 10.3. The molecular formula is C17H15N3O6S2. The van der Waals surface area contributed by atoms with E-state index in [2.05, 4.69) is 4.98 Å². The number of thiazole rings is 1.